The second kappa shape index (κ2) is 4.63. The Balaban J connectivity index is 2.25. The molecule has 0 fully saturated rings. The molecule has 0 radical (unpaired) electrons. The third-order valence-electron chi connectivity index (χ3n) is 2.76. The van der Waals surface area contributed by atoms with E-state index < -0.39 is 12.0 Å². The largest absolute Gasteiger partial charge is 0.486 e. The standard InChI is InChI=1S/C12H15NO4/c1-7-4-10-11(17-3-2-16-10)6-8(7)5-9(13)12(14)15/h4,6,9H,2-3,5,13H2,1H3,(H,14,15). The van der Waals surface area contributed by atoms with Gasteiger partial charge >= 0.3 is 5.97 Å². The van der Waals surface area contributed by atoms with Crippen molar-refractivity contribution in [1.29, 1.82) is 0 Å². The predicted octanol–water partition coefficient (Wildman–Crippen LogP) is 0.721. The topological polar surface area (TPSA) is 81.8 Å². The maximum absolute atomic E-state index is 10.7. The van der Waals surface area contributed by atoms with Crippen LogP contribution < -0.4 is 15.2 Å². The number of fused-ring (bicyclic) bond motifs is 1. The first kappa shape index (κ1) is 11.7. The van der Waals surface area contributed by atoms with Crippen molar-refractivity contribution in [2.24, 2.45) is 5.73 Å². The van der Waals surface area contributed by atoms with Crippen molar-refractivity contribution in [1.82, 2.24) is 0 Å². The number of ether oxygens (including phenoxy) is 2. The van der Waals surface area contributed by atoms with Gasteiger partial charge in [-0.1, -0.05) is 0 Å². The maximum atomic E-state index is 10.7. The van der Waals surface area contributed by atoms with Crippen molar-refractivity contribution in [3.05, 3.63) is 23.3 Å². The van der Waals surface area contributed by atoms with E-state index in [1.807, 2.05) is 19.1 Å². The SMILES string of the molecule is Cc1cc2c(cc1CC(N)C(=O)O)OCCO2. The molecule has 1 aliphatic heterocycles. The summed E-state index contributed by atoms with van der Waals surface area (Å²) >= 11 is 0. The molecule has 0 saturated carbocycles. The van der Waals surface area contributed by atoms with Gasteiger partial charge in [0.25, 0.3) is 0 Å². The summed E-state index contributed by atoms with van der Waals surface area (Å²) in [5.41, 5.74) is 7.36. The summed E-state index contributed by atoms with van der Waals surface area (Å²) < 4.78 is 10.9. The second-order valence-electron chi connectivity index (χ2n) is 4.07. The van der Waals surface area contributed by atoms with Crippen LogP contribution >= 0.6 is 0 Å². The molecule has 0 spiro atoms. The Morgan fingerprint density at radius 1 is 1.41 bits per heavy atom. The van der Waals surface area contributed by atoms with Crippen LogP contribution in [0.2, 0.25) is 0 Å². The van der Waals surface area contributed by atoms with Gasteiger partial charge in [0.2, 0.25) is 0 Å². The van der Waals surface area contributed by atoms with Crippen molar-refractivity contribution < 1.29 is 19.4 Å². The van der Waals surface area contributed by atoms with Crippen LogP contribution in [0.15, 0.2) is 12.1 Å². The zero-order chi connectivity index (χ0) is 12.4. The Morgan fingerprint density at radius 2 is 2.00 bits per heavy atom. The molecule has 92 valence electrons. The fourth-order valence-electron chi connectivity index (χ4n) is 1.78. The van der Waals surface area contributed by atoms with Crippen LogP contribution in [0.25, 0.3) is 0 Å². The van der Waals surface area contributed by atoms with Crippen molar-refractivity contribution >= 4 is 5.97 Å². The van der Waals surface area contributed by atoms with E-state index in [0.29, 0.717) is 24.7 Å². The van der Waals surface area contributed by atoms with Crippen molar-refractivity contribution in [3.63, 3.8) is 0 Å². The van der Waals surface area contributed by atoms with Gasteiger partial charge in [0.15, 0.2) is 11.5 Å². The van der Waals surface area contributed by atoms with Crippen LogP contribution in [0.5, 0.6) is 11.5 Å². The lowest BCUT2D eigenvalue weighted by Crippen LogP contribution is -2.32. The number of benzene rings is 1. The summed E-state index contributed by atoms with van der Waals surface area (Å²) in [6.07, 6.45) is 0.289. The molecule has 1 unspecified atom stereocenters. The maximum Gasteiger partial charge on any atom is 0.320 e. The fraction of sp³-hybridized carbons (Fsp3) is 0.417. The number of hydrogen-bond acceptors (Lipinski definition) is 4. The lowest BCUT2D eigenvalue weighted by molar-refractivity contribution is -0.138. The van der Waals surface area contributed by atoms with E-state index in [1.165, 1.54) is 0 Å². The van der Waals surface area contributed by atoms with Crippen LogP contribution in [0.1, 0.15) is 11.1 Å². The summed E-state index contributed by atoms with van der Waals surface area (Å²) in [7, 11) is 0. The van der Waals surface area contributed by atoms with Crippen molar-refractivity contribution in [2.45, 2.75) is 19.4 Å². The van der Waals surface area contributed by atoms with Gasteiger partial charge in [-0.2, -0.15) is 0 Å². The number of carboxylic acid groups (broad SMARTS) is 1. The molecule has 1 atom stereocenters. The third kappa shape index (κ3) is 2.50. The predicted molar refractivity (Wildman–Crippen MR) is 61.5 cm³/mol. The Kier molecular flexibility index (Phi) is 3.19. The number of carboxylic acids is 1. The minimum absolute atomic E-state index is 0.289. The highest BCUT2D eigenvalue weighted by Crippen LogP contribution is 2.33. The van der Waals surface area contributed by atoms with E-state index in [4.69, 9.17) is 20.3 Å². The minimum Gasteiger partial charge on any atom is -0.486 e. The first-order chi connectivity index (χ1) is 8.08. The molecule has 0 aromatic heterocycles. The fourth-order valence-corrected chi connectivity index (χ4v) is 1.78. The van der Waals surface area contributed by atoms with Gasteiger partial charge in [-0.05, 0) is 36.6 Å². The van der Waals surface area contributed by atoms with Gasteiger partial charge in [0, 0.05) is 0 Å². The summed E-state index contributed by atoms with van der Waals surface area (Å²) in [6.45, 7) is 2.96. The van der Waals surface area contributed by atoms with Crippen molar-refractivity contribution in [3.8, 4) is 11.5 Å². The van der Waals surface area contributed by atoms with Gasteiger partial charge in [-0.25, -0.2) is 0 Å². The van der Waals surface area contributed by atoms with Gasteiger partial charge in [-0.15, -0.1) is 0 Å². The van der Waals surface area contributed by atoms with Crippen LogP contribution in [0, 0.1) is 6.92 Å². The molecule has 0 saturated heterocycles. The first-order valence-corrected chi connectivity index (χ1v) is 5.45. The molecule has 2 rings (SSSR count). The zero-order valence-electron chi connectivity index (χ0n) is 9.60. The average Bonchev–Trinajstić information content (AvgIpc) is 2.29. The molecular formula is C12H15NO4. The Bertz CT molecular complexity index is 444. The molecule has 1 aromatic rings. The number of aliphatic carboxylic acids is 1. The minimum atomic E-state index is -1.00. The van der Waals surface area contributed by atoms with E-state index in [0.717, 1.165) is 11.1 Å². The van der Waals surface area contributed by atoms with E-state index in [9.17, 15) is 4.79 Å². The van der Waals surface area contributed by atoms with Gasteiger partial charge < -0.3 is 20.3 Å². The second-order valence-corrected chi connectivity index (χ2v) is 4.07. The van der Waals surface area contributed by atoms with Gasteiger partial charge in [0.1, 0.15) is 19.3 Å². The number of aryl methyl sites for hydroxylation is 1. The monoisotopic (exact) mass is 237 g/mol. The number of nitrogens with two attached hydrogens (primary N) is 1. The summed E-state index contributed by atoms with van der Waals surface area (Å²) in [5, 5.41) is 8.79. The van der Waals surface area contributed by atoms with E-state index in [1.54, 1.807) is 0 Å². The molecule has 5 heteroatoms. The van der Waals surface area contributed by atoms with Crippen LogP contribution in [-0.4, -0.2) is 30.3 Å². The molecule has 0 aliphatic carbocycles. The molecule has 0 amide bonds. The highest BCUT2D eigenvalue weighted by molar-refractivity contribution is 5.73. The lowest BCUT2D eigenvalue weighted by Gasteiger charge is -2.20. The Hall–Kier alpha value is -1.75. The van der Waals surface area contributed by atoms with E-state index in [2.05, 4.69) is 0 Å². The molecule has 5 nitrogen and oxygen atoms in total. The number of hydrogen-bond donors (Lipinski definition) is 2. The molecule has 0 bridgehead atoms. The molecule has 3 N–H and O–H groups in total. The summed E-state index contributed by atoms with van der Waals surface area (Å²) in [5.74, 6) is 0.370. The molecule has 1 aromatic carbocycles. The number of carbonyl (C=O) groups is 1. The van der Waals surface area contributed by atoms with Crippen molar-refractivity contribution in [2.75, 3.05) is 13.2 Å². The third-order valence-corrected chi connectivity index (χ3v) is 2.76. The van der Waals surface area contributed by atoms with Gasteiger partial charge in [0.05, 0.1) is 0 Å². The van der Waals surface area contributed by atoms with Crippen LogP contribution in [0.3, 0.4) is 0 Å². The Morgan fingerprint density at radius 3 is 2.59 bits per heavy atom. The first-order valence-electron chi connectivity index (χ1n) is 5.45. The smallest absolute Gasteiger partial charge is 0.320 e. The Labute approximate surface area is 99.1 Å². The summed E-state index contributed by atoms with van der Waals surface area (Å²) in [4.78, 5) is 10.7. The quantitative estimate of drug-likeness (QED) is 0.809. The van der Waals surface area contributed by atoms with Crippen LogP contribution in [-0.2, 0) is 11.2 Å². The average molecular weight is 237 g/mol. The summed E-state index contributed by atoms with van der Waals surface area (Å²) in [6, 6.07) is 2.78. The highest BCUT2D eigenvalue weighted by Gasteiger charge is 2.18. The van der Waals surface area contributed by atoms with E-state index >= 15 is 0 Å². The zero-order valence-corrected chi connectivity index (χ0v) is 9.60. The molecular weight excluding hydrogens is 222 g/mol. The molecule has 1 heterocycles. The van der Waals surface area contributed by atoms with E-state index in [-0.39, 0.29) is 6.42 Å². The highest BCUT2D eigenvalue weighted by atomic mass is 16.6. The van der Waals surface area contributed by atoms with Gasteiger partial charge in [-0.3, -0.25) is 4.79 Å². The normalized spacial score (nSPS) is 15.4. The van der Waals surface area contributed by atoms with Crippen LogP contribution in [0.4, 0.5) is 0 Å². The lowest BCUT2D eigenvalue weighted by atomic mass is 10.0. The number of rotatable bonds is 3. The molecule has 1 aliphatic rings. The molecule has 17 heavy (non-hydrogen) atoms.